The second-order valence-electron chi connectivity index (χ2n) is 4.90. The molecular formula is C17H22FNO2S. The zero-order valence-electron chi connectivity index (χ0n) is 13.3. The molecule has 0 radical (unpaired) electrons. The van der Waals surface area contributed by atoms with Gasteiger partial charge in [-0.1, -0.05) is 20.3 Å². The molecule has 5 heteroatoms. The predicted octanol–water partition coefficient (Wildman–Crippen LogP) is 4.68. The van der Waals surface area contributed by atoms with E-state index in [2.05, 4.69) is 13.8 Å². The Morgan fingerprint density at radius 3 is 2.68 bits per heavy atom. The van der Waals surface area contributed by atoms with E-state index in [0.717, 1.165) is 29.8 Å². The van der Waals surface area contributed by atoms with Crippen molar-refractivity contribution in [3.8, 4) is 22.1 Å². The lowest BCUT2D eigenvalue weighted by Crippen LogP contribution is -2.00. The highest BCUT2D eigenvalue weighted by Gasteiger charge is 2.13. The number of aryl methyl sites for hydroxylation is 2. The van der Waals surface area contributed by atoms with Crippen molar-refractivity contribution in [3.05, 3.63) is 28.8 Å². The first-order valence-corrected chi connectivity index (χ1v) is 8.40. The normalized spacial score (nSPS) is 10.7. The van der Waals surface area contributed by atoms with E-state index in [9.17, 15) is 4.39 Å². The lowest BCUT2D eigenvalue weighted by atomic mass is 10.2. The summed E-state index contributed by atoms with van der Waals surface area (Å²) in [5, 5.41) is 0.980. The molecule has 2 rings (SSSR count). The topological polar surface area (TPSA) is 31.4 Å². The van der Waals surface area contributed by atoms with Gasteiger partial charge in [-0.05, 0) is 31.0 Å². The van der Waals surface area contributed by atoms with E-state index in [1.54, 1.807) is 18.4 Å². The first-order valence-electron chi connectivity index (χ1n) is 7.59. The molecule has 0 aliphatic carbocycles. The van der Waals surface area contributed by atoms with Gasteiger partial charge in [0.25, 0.3) is 0 Å². The number of hydrogen-bond acceptors (Lipinski definition) is 4. The molecule has 0 saturated heterocycles. The minimum atomic E-state index is -0.523. The summed E-state index contributed by atoms with van der Waals surface area (Å²) in [5.74, 6) is 1.17. The third-order valence-corrected chi connectivity index (χ3v) is 4.54. The van der Waals surface area contributed by atoms with E-state index < -0.39 is 6.67 Å². The van der Waals surface area contributed by atoms with Crippen LogP contribution in [0.2, 0.25) is 0 Å². The summed E-state index contributed by atoms with van der Waals surface area (Å²) in [6.07, 6.45) is 3.11. The highest BCUT2D eigenvalue weighted by molar-refractivity contribution is 7.15. The van der Waals surface area contributed by atoms with Crippen molar-refractivity contribution in [3.63, 3.8) is 0 Å². The summed E-state index contributed by atoms with van der Waals surface area (Å²) in [6, 6.07) is 5.69. The molecule has 0 aliphatic heterocycles. The van der Waals surface area contributed by atoms with Crippen LogP contribution in [0.5, 0.6) is 11.5 Å². The van der Waals surface area contributed by atoms with Crippen LogP contribution in [0.4, 0.5) is 4.39 Å². The molecule has 120 valence electrons. The van der Waals surface area contributed by atoms with Crippen LogP contribution < -0.4 is 9.47 Å². The first kappa shape index (κ1) is 16.7. The summed E-state index contributed by atoms with van der Waals surface area (Å²) in [7, 11) is 1.58. The minimum Gasteiger partial charge on any atom is -0.493 e. The maximum absolute atomic E-state index is 12.3. The molecule has 22 heavy (non-hydrogen) atoms. The highest BCUT2D eigenvalue weighted by atomic mass is 32.1. The summed E-state index contributed by atoms with van der Waals surface area (Å²) in [5.41, 5.74) is 2.15. The zero-order valence-corrected chi connectivity index (χ0v) is 14.1. The third-order valence-electron chi connectivity index (χ3n) is 3.34. The molecule has 0 fully saturated rings. The molecule has 0 atom stereocenters. The maximum Gasteiger partial charge on any atom is 0.161 e. The number of ether oxygens (including phenoxy) is 2. The Labute approximate surface area is 135 Å². The van der Waals surface area contributed by atoms with E-state index in [0.29, 0.717) is 11.5 Å². The summed E-state index contributed by atoms with van der Waals surface area (Å²) in [4.78, 5) is 6.09. The van der Waals surface area contributed by atoms with Crippen molar-refractivity contribution in [2.24, 2.45) is 0 Å². The second-order valence-corrected chi connectivity index (χ2v) is 5.98. The Hall–Kier alpha value is -1.62. The fourth-order valence-electron chi connectivity index (χ4n) is 2.28. The Morgan fingerprint density at radius 2 is 2.05 bits per heavy atom. The second kappa shape index (κ2) is 8.13. The van der Waals surface area contributed by atoms with Gasteiger partial charge in [-0.3, -0.25) is 0 Å². The van der Waals surface area contributed by atoms with Crippen LogP contribution in [0.25, 0.3) is 10.6 Å². The Bertz CT molecular complexity index is 613. The van der Waals surface area contributed by atoms with E-state index in [1.807, 2.05) is 18.2 Å². The third kappa shape index (κ3) is 3.77. The van der Waals surface area contributed by atoms with Crippen molar-refractivity contribution in [1.29, 1.82) is 0 Å². The number of aromatic nitrogens is 1. The molecule has 0 bridgehead atoms. The molecule has 3 nitrogen and oxygen atoms in total. The molecule has 0 spiro atoms. The number of benzene rings is 1. The molecule has 1 aromatic carbocycles. The average Bonchev–Trinajstić information content (AvgIpc) is 2.96. The van der Waals surface area contributed by atoms with Crippen molar-refractivity contribution >= 4 is 11.3 Å². The van der Waals surface area contributed by atoms with Crippen LogP contribution in [-0.2, 0) is 12.8 Å². The minimum absolute atomic E-state index is 0.0268. The monoisotopic (exact) mass is 323 g/mol. The number of thiazole rings is 1. The smallest absolute Gasteiger partial charge is 0.161 e. The van der Waals surface area contributed by atoms with Crippen molar-refractivity contribution < 1.29 is 13.9 Å². The van der Waals surface area contributed by atoms with Gasteiger partial charge in [-0.15, -0.1) is 11.3 Å². The van der Waals surface area contributed by atoms with Crippen LogP contribution >= 0.6 is 11.3 Å². The van der Waals surface area contributed by atoms with Gasteiger partial charge in [-0.25, -0.2) is 9.37 Å². The number of methoxy groups -OCH3 is 1. The van der Waals surface area contributed by atoms with Crippen LogP contribution in [0, 0.1) is 0 Å². The molecular weight excluding hydrogens is 301 g/mol. The van der Waals surface area contributed by atoms with Crippen molar-refractivity contribution in [2.45, 2.75) is 33.1 Å². The van der Waals surface area contributed by atoms with Crippen molar-refractivity contribution in [1.82, 2.24) is 4.98 Å². The Balaban J connectivity index is 2.35. The standard InChI is InChI=1S/C17H22FNO2S/c1-4-6-16-13(5-2)19-17(22-16)12-7-8-14(20-3)15(11-12)21-10-9-18/h7-8,11H,4-6,9-10H2,1-3H3. The van der Waals surface area contributed by atoms with E-state index in [4.69, 9.17) is 14.5 Å². The van der Waals surface area contributed by atoms with Gasteiger partial charge in [0.15, 0.2) is 11.5 Å². The number of rotatable bonds is 8. The molecule has 0 N–H and O–H groups in total. The van der Waals surface area contributed by atoms with Crippen LogP contribution in [0.15, 0.2) is 18.2 Å². The van der Waals surface area contributed by atoms with Crippen LogP contribution in [0.1, 0.15) is 30.8 Å². The van der Waals surface area contributed by atoms with Crippen LogP contribution in [-0.4, -0.2) is 25.4 Å². The maximum atomic E-state index is 12.3. The van der Waals surface area contributed by atoms with Gasteiger partial charge in [0.2, 0.25) is 0 Å². The number of hydrogen-bond donors (Lipinski definition) is 0. The molecule has 2 aromatic rings. The SMILES string of the molecule is CCCc1sc(-c2ccc(OC)c(OCCF)c2)nc1CC. The van der Waals surface area contributed by atoms with Gasteiger partial charge in [-0.2, -0.15) is 0 Å². The lowest BCUT2D eigenvalue weighted by molar-refractivity contribution is 0.260. The molecule has 0 unspecified atom stereocenters. The van der Waals surface area contributed by atoms with Gasteiger partial charge in [0, 0.05) is 10.4 Å². The van der Waals surface area contributed by atoms with Crippen molar-refractivity contribution in [2.75, 3.05) is 20.4 Å². The Morgan fingerprint density at radius 1 is 1.23 bits per heavy atom. The number of alkyl halides is 1. The largest absolute Gasteiger partial charge is 0.493 e. The fourth-order valence-corrected chi connectivity index (χ4v) is 3.52. The van der Waals surface area contributed by atoms with E-state index >= 15 is 0 Å². The fraction of sp³-hybridized carbons (Fsp3) is 0.471. The molecule has 0 amide bonds. The average molecular weight is 323 g/mol. The number of nitrogens with zero attached hydrogens (tertiary/aromatic N) is 1. The van der Waals surface area contributed by atoms with Gasteiger partial charge < -0.3 is 9.47 Å². The molecule has 1 heterocycles. The van der Waals surface area contributed by atoms with Gasteiger partial charge in [0.05, 0.1) is 12.8 Å². The zero-order chi connectivity index (χ0) is 15.9. The molecule has 0 aliphatic rings. The van der Waals surface area contributed by atoms with E-state index in [1.165, 1.54) is 10.6 Å². The molecule has 1 aromatic heterocycles. The summed E-state index contributed by atoms with van der Waals surface area (Å²) < 4.78 is 23.0. The van der Waals surface area contributed by atoms with Crippen LogP contribution in [0.3, 0.4) is 0 Å². The number of halogens is 1. The quantitative estimate of drug-likeness (QED) is 0.707. The van der Waals surface area contributed by atoms with Gasteiger partial charge in [0.1, 0.15) is 18.3 Å². The highest BCUT2D eigenvalue weighted by Crippen LogP contribution is 2.35. The summed E-state index contributed by atoms with van der Waals surface area (Å²) >= 11 is 1.73. The first-order chi connectivity index (χ1) is 10.7. The predicted molar refractivity (Wildman–Crippen MR) is 88.9 cm³/mol. The lowest BCUT2D eigenvalue weighted by Gasteiger charge is -2.10. The van der Waals surface area contributed by atoms with E-state index in [-0.39, 0.29) is 6.61 Å². The Kier molecular flexibility index (Phi) is 6.19. The summed E-state index contributed by atoms with van der Waals surface area (Å²) in [6.45, 7) is 3.81. The van der Waals surface area contributed by atoms with Gasteiger partial charge >= 0.3 is 0 Å². The molecule has 0 saturated carbocycles.